The van der Waals surface area contributed by atoms with Crippen LogP contribution >= 0.6 is 0 Å². The standard InChI is InChI=1S/C14H30N2O2/c1-4-13-11-18-10-9-16(13)8-6-5-7-14(2,12-17)15-3/h13,15,17H,4-12H2,1-3H3. The van der Waals surface area contributed by atoms with E-state index in [-0.39, 0.29) is 12.1 Å². The van der Waals surface area contributed by atoms with Gasteiger partial charge >= 0.3 is 0 Å². The molecule has 1 aliphatic heterocycles. The molecule has 0 saturated carbocycles. The van der Waals surface area contributed by atoms with Crippen LogP contribution in [0.15, 0.2) is 0 Å². The smallest absolute Gasteiger partial charge is 0.0622 e. The molecule has 0 spiro atoms. The molecule has 108 valence electrons. The Labute approximate surface area is 112 Å². The highest BCUT2D eigenvalue weighted by atomic mass is 16.5. The molecule has 4 nitrogen and oxygen atoms in total. The van der Waals surface area contributed by atoms with Crippen LogP contribution in [0.4, 0.5) is 0 Å². The van der Waals surface area contributed by atoms with E-state index in [0.717, 1.165) is 39.1 Å². The molecule has 4 heteroatoms. The molecule has 0 bridgehead atoms. The molecular weight excluding hydrogens is 228 g/mol. The summed E-state index contributed by atoms with van der Waals surface area (Å²) in [4.78, 5) is 2.55. The predicted octanol–water partition coefficient (Wildman–Crippen LogP) is 1.24. The van der Waals surface area contributed by atoms with Gasteiger partial charge in [0, 0.05) is 18.1 Å². The fraction of sp³-hybridized carbons (Fsp3) is 1.00. The van der Waals surface area contributed by atoms with Gasteiger partial charge in [-0.3, -0.25) is 4.90 Å². The van der Waals surface area contributed by atoms with Gasteiger partial charge < -0.3 is 15.2 Å². The van der Waals surface area contributed by atoms with Crippen LogP contribution in [0.3, 0.4) is 0 Å². The van der Waals surface area contributed by atoms with E-state index in [1.807, 2.05) is 7.05 Å². The number of aliphatic hydroxyl groups is 1. The Balaban J connectivity index is 2.20. The highest BCUT2D eigenvalue weighted by molar-refractivity contribution is 4.80. The quantitative estimate of drug-likeness (QED) is 0.643. The third-order valence-corrected chi connectivity index (χ3v) is 4.20. The Morgan fingerprint density at radius 3 is 2.83 bits per heavy atom. The molecule has 0 aromatic heterocycles. The molecule has 0 aromatic carbocycles. The van der Waals surface area contributed by atoms with Gasteiger partial charge in [0.25, 0.3) is 0 Å². The van der Waals surface area contributed by atoms with Gasteiger partial charge in [-0.15, -0.1) is 0 Å². The van der Waals surface area contributed by atoms with Gasteiger partial charge in [-0.1, -0.05) is 13.3 Å². The SMILES string of the molecule is CCC1COCCN1CCCCC(C)(CO)NC. The van der Waals surface area contributed by atoms with Crippen molar-refractivity contribution in [2.45, 2.75) is 51.1 Å². The maximum Gasteiger partial charge on any atom is 0.0622 e. The topological polar surface area (TPSA) is 44.7 Å². The van der Waals surface area contributed by atoms with Crippen molar-refractivity contribution in [1.29, 1.82) is 0 Å². The number of nitrogens with one attached hydrogen (secondary N) is 1. The first kappa shape index (κ1) is 15.9. The Morgan fingerprint density at radius 1 is 1.44 bits per heavy atom. The summed E-state index contributed by atoms with van der Waals surface area (Å²) in [5.74, 6) is 0. The van der Waals surface area contributed by atoms with Crippen molar-refractivity contribution in [2.24, 2.45) is 0 Å². The minimum Gasteiger partial charge on any atom is -0.394 e. The van der Waals surface area contributed by atoms with Crippen molar-refractivity contribution in [2.75, 3.05) is 40.0 Å². The Morgan fingerprint density at radius 2 is 2.22 bits per heavy atom. The van der Waals surface area contributed by atoms with Crippen LogP contribution in [0.2, 0.25) is 0 Å². The van der Waals surface area contributed by atoms with Gasteiger partial charge in [0.05, 0.1) is 19.8 Å². The Hall–Kier alpha value is -0.160. The van der Waals surface area contributed by atoms with E-state index in [1.165, 1.54) is 12.8 Å². The zero-order valence-electron chi connectivity index (χ0n) is 12.2. The molecule has 1 aliphatic rings. The van der Waals surface area contributed by atoms with Crippen LogP contribution < -0.4 is 5.32 Å². The molecule has 0 amide bonds. The van der Waals surface area contributed by atoms with Crippen molar-refractivity contribution >= 4 is 0 Å². The van der Waals surface area contributed by atoms with Gasteiger partial charge in [0.1, 0.15) is 0 Å². The summed E-state index contributed by atoms with van der Waals surface area (Å²) in [6.45, 7) is 8.52. The van der Waals surface area contributed by atoms with Crippen molar-refractivity contribution in [1.82, 2.24) is 10.2 Å². The maximum atomic E-state index is 9.32. The highest BCUT2D eigenvalue weighted by Gasteiger charge is 2.22. The Bertz CT molecular complexity index is 220. The minimum absolute atomic E-state index is 0.116. The molecule has 1 rings (SSSR count). The van der Waals surface area contributed by atoms with E-state index in [0.29, 0.717) is 6.04 Å². The predicted molar refractivity (Wildman–Crippen MR) is 74.9 cm³/mol. The summed E-state index contributed by atoms with van der Waals surface area (Å²) in [6, 6.07) is 0.604. The lowest BCUT2D eigenvalue weighted by molar-refractivity contribution is -0.00944. The summed E-state index contributed by atoms with van der Waals surface area (Å²) in [5, 5.41) is 12.5. The van der Waals surface area contributed by atoms with Crippen molar-refractivity contribution in [3.63, 3.8) is 0 Å². The molecule has 2 atom stereocenters. The largest absolute Gasteiger partial charge is 0.394 e. The van der Waals surface area contributed by atoms with Gasteiger partial charge in [0.15, 0.2) is 0 Å². The molecule has 2 N–H and O–H groups in total. The molecule has 2 unspecified atom stereocenters. The van der Waals surface area contributed by atoms with Crippen LogP contribution in [0.5, 0.6) is 0 Å². The molecule has 1 saturated heterocycles. The third-order valence-electron chi connectivity index (χ3n) is 4.20. The van der Waals surface area contributed by atoms with Crippen LogP contribution in [-0.4, -0.2) is 61.5 Å². The monoisotopic (exact) mass is 258 g/mol. The van der Waals surface area contributed by atoms with Crippen molar-refractivity contribution in [3.05, 3.63) is 0 Å². The fourth-order valence-corrected chi connectivity index (χ4v) is 2.47. The normalized spacial score (nSPS) is 25.0. The second kappa shape index (κ2) is 8.10. The summed E-state index contributed by atoms with van der Waals surface area (Å²) in [7, 11) is 1.92. The summed E-state index contributed by atoms with van der Waals surface area (Å²) in [6.07, 6.45) is 4.56. The number of likely N-dealkylation sites (N-methyl/N-ethyl adjacent to an activating group) is 1. The van der Waals surface area contributed by atoms with E-state index in [9.17, 15) is 5.11 Å². The number of hydrogen-bond donors (Lipinski definition) is 2. The number of rotatable bonds is 8. The van der Waals surface area contributed by atoms with E-state index >= 15 is 0 Å². The van der Waals surface area contributed by atoms with E-state index in [4.69, 9.17) is 4.74 Å². The number of morpholine rings is 1. The number of aliphatic hydroxyl groups excluding tert-OH is 1. The zero-order valence-corrected chi connectivity index (χ0v) is 12.2. The van der Waals surface area contributed by atoms with Crippen molar-refractivity contribution in [3.8, 4) is 0 Å². The lowest BCUT2D eigenvalue weighted by Crippen LogP contribution is -2.46. The maximum absolute atomic E-state index is 9.32. The van der Waals surface area contributed by atoms with Crippen LogP contribution in [0, 0.1) is 0 Å². The van der Waals surface area contributed by atoms with Gasteiger partial charge in [-0.25, -0.2) is 0 Å². The fourth-order valence-electron chi connectivity index (χ4n) is 2.47. The number of nitrogens with zero attached hydrogens (tertiary/aromatic N) is 1. The van der Waals surface area contributed by atoms with E-state index < -0.39 is 0 Å². The molecular formula is C14H30N2O2. The summed E-state index contributed by atoms with van der Waals surface area (Å²) in [5.41, 5.74) is -0.116. The zero-order chi connectivity index (χ0) is 13.4. The lowest BCUT2D eigenvalue weighted by atomic mass is 9.96. The molecule has 0 radical (unpaired) electrons. The average molecular weight is 258 g/mol. The highest BCUT2D eigenvalue weighted by Crippen LogP contribution is 2.15. The molecule has 0 aliphatic carbocycles. The second-order valence-electron chi connectivity index (χ2n) is 5.60. The van der Waals surface area contributed by atoms with Crippen LogP contribution in [-0.2, 0) is 4.74 Å². The number of ether oxygens (including phenoxy) is 1. The van der Waals surface area contributed by atoms with Gasteiger partial charge in [-0.2, -0.15) is 0 Å². The van der Waals surface area contributed by atoms with Gasteiger partial charge in [0.2, 0.25) is 0 Å². The average Bonchev–Trinajstić information content (AvgIpc) is 2.43. The van der Waals surface area contributed by atoms with E-state index in [1.54, 1.807) is 0 Å². The number of hydrogen-bond acceptors (Lipinski definition) is 4. The second-order valence-corrected chi connectivity index (χ2v) is 5.60. The van der Waals surface area contributed by atoms with Crippen LogP contribution in [0.1, 0.15) is 39.5 Å². The number of unbranched alkanes of at least 4 members (excludes halogenated alkanes) is 1. The first-order chi connectivity index (χ1) is 8.65. The molecule has 1 heterocycles. The Kier molecular flexibility index (Phi) is 7.15. The first-order valence-corrected chi connectivity index (χ1v) is 7.26. The van der Waals surface area contributed by atoms with Gasteiger partial charge in [-0.05, 0) is 39.8 Å². The van der Waals surface area contributed by atoms with E-state index in [2.05, 4.69) is 24.1 Å². The lowest BCUT2D eigenvalue weighted by Gasteiger charge is -2.35. The van der Waals surface area contributed by atoms with Crippen molar-refractivity contribution < 1.29 is 9.84 Å². The molecule has 0 aromatic rings. The minimum atomic E-state index is -0.116. The first-order valence-electron chi connectivity index (χ1n) is 7.26. The molecule has 1 fully saturated rings. The summed E-state index contributed by atoms with van der Waals surface area (Å²) < 4.78 is 5.51. The summed E-state index contributed by atoms with van der Waals surface area (Å²) >= 11 is 0. The molecule has 18 heavy (non-hydrogen) atoms. The van der Waals surface area contributed by atoms with Crippen LogP contribution in [0.25, 0.3) is 0 Å². The third kappa shape index (κ3) is 4.84.